The van der Waals surface area contributed by atoms with Crippen molar-refractivity contribution in [3.05, 3.63) is 53.3 Å². The van der Waals surface area contributed by atoms with E-state index in [-0.39, 0.29) is 18.6 Å². The van der Waals surface area contributed by atoms with Crippen LogP contribution >= 0.6 is 0 Å². The fourth-order valence-electron chi connectivity index (χ4n) is 2.67. The van der Waals surface area contributed by atoms with Crippen molar-refractivity contribution in [2.24, 2.45) is 11.7 Å². The minimum Gasteiger partial charge on any atom is -0.469 e. The zero-order valence-corrected chi connectivity index (χ0v) is 15.7. The first-order chi connectivity index (χ1) is 12.5. The first-order valence-electron chi connectivity index (χ1n) is 8.97. The van der Waals surface area contributed by atoms with Gasteiger partial charge in [-0.25, -0.2) is 9.97 Å². The van der Waals surface area contributed by atoms with Gasteiger partial charge in [-0.1, -0.05) is 44.5 Å². The summed E-state index contributed by atoms with van der Waals surface area (Å²) in [6.07, 6.45) is 6.42. The van der Waals surface area contributed by atoms with Gasteiger partial charge in [0.2, 0.25) is 5.95 Å². The van der Waals surface area contributed by atoms with E-state index in [1.807, 2.05) is 24.3 Å². The van der Waals surface area contributed by atoms with Crippen LogP contribution in [-0.4, -0.2) is 29.2 Å². The van der Waals surface area contributed by atoms with Crippen LogP contribution in [0, 0.1) is 5.92 Å². The second kappa shape index (κ2) is 9.87. The summed E-state index contributed by atoms with van der Waals surface area (Å²) in [6, 6.07) is 7.89. The molecular weight excluding hydrogens is 328 g/mol. The summed E-state index contributed by atoms with van der Waals surface area (Å²) in [7, 11) is 1.40. The molecule has 2 atom stereocenters. The molecule has 1 aromatic heterocycles. The predicted molar refractivity (Wildman–Crippen MR) is 103 cm³/mol. The van der Waals surface area contributed by atoms with E-state index >= 15 is 0 Å². The van der Waals surface area contributed by atoms with Gasteiger partial charge >= 0.3 is 5.97 Å². The van der Waals surface area contributed by atoms with Crippen LogP contribution in [0.3, 0.4) is 0 Å². The second-order valence-corrected chi connectivity index (χ2v) is 6.66. The van der Waals surface area contributed by atoms with E-state index < -0.39 is 0 Å². The van der Waals surface area contributed by atoms with Crippen LogP contribution in [0.25, 0.3) is 0 Å². The Morgan fingerprint density at radius 2 is 1.92 bits per heavy atom. The first-order valence-corrected chi connectivity index (χ1v) is 8.97. The maximum Gasteiger partial charge on any atom is 0.309 e. The number of rotatable bonds is 9. The molecule has 0 amide bonds. The molecule has 6 nitrogen and oxygen atoms in total. The molecule has 2 aromatic rings. The number of aromatic nitrogens is 2. The van der Waals surface area contributed by atoms with Crippen LogP contribution in [0.1, 0.15) is 43.4 Å². The van der Waals surface area contributed by atoms with Crippen LogP contribution in [-0.2, 0) is 22.4 Å². The number of anilines is 1. The Kier molecular flexibility index (Phi) is 7.53. The van der Waals surface area contributed by atoms with Gasteiger partial charge in [0.25, 0.3) is 0 Å². The van der Waals surface area contributed by atoms with Gasteiger partial charge in [-0.2, -0.15) is 0 Å². The van der Waals surface area contributed by atoms with E-state index in [0.29, 0.717) is 18.3 Å². The van der Waals surface area contributed by atoms with E-state index in [1.165, 1.54) is 7.11 Å². The molecule has 0 saturated carbocycles. The fraction of sp³-hybridized carbons (Fsp3) is 0.450. The number of benzene rings is 1. The highest BCUT2D eigenvalue weighted by Gasteiger charge is 2.09. The van der Waals surface area contributed by atoms with E-state index in [0.717, 1.165) is 29.5 Å². The Morgan fingerprint density at radius 1 is 1.23 bits per heavy atom. The number of hydrogen-bond donors (Lipinski definition) is 2. The lowest BCUT2D eigenvalue weighted by molar-refractivity contribution is -0.139. The number of nitrogens with two attached hydrogens (primary N) is 1. The normalized spacial score (nSPS) is 13.1. The lowest BCUT2D eigenvalue weighted by Crippen LogP contribution is -2.32. The van der Waals surface area contributed by atoms with Crippen molar-refractivity contribution in [3.63, 3.8) is 0 Å². The van der Waals surface area contributed by atoms with E-state index in [2.05, 4.69) is 29.1 Å². The third kappa shape index (κ3) is 6.44. The second-order valence-electron chi connectivity index (χ2n) is 6.66. The molecule has 0 fully saturated rings. The van der Waals surface area contributed by atoms with E-state index in [9.17, 15) is 4.79 Å². The van der Waals surface area contributed by atoms with Crippen molar-refractivity contribution in [1.82, 2.24) is 9.97 Å². The van der Waals surface area contributed by atoms with Gasteiger partial charge in [0, 0.05) is 18.8 Å². The molecule has 0 bridgehead atoms. The molecule has 6 heteroatoms. The number of nitrogens with zero attached hydrogens (tertiary/aromatic N) is 2. The Hall–Kier alpha value is -2.47. The summed E-state index contributed by atoms with van der Waals surface area (Å²) in [5.41, 5.74) is 9.12. The van der Waals surface area contributed by atoms with Crippen molar-refractivity contribution >= 4 is 11.9 Å². The Balaban J connectivity index is 1.94. The van der Waals surface area contributed by atoms with Crippen molar-refractivity contribution in [2.75, 3.05) is 12.4 Å². The number of nitrogens with one attached hydrogen (secondary N) is 1. The Morgan fingerprint density at radius 3 is 2.58 bits per heavy atom. The molecule has 2 unspecified atom stereocenters. The highest BCUT2D eigenvalue weighted by atomic mass is 16.5. The minimum atomic E-state index is -0.241. The maximum atomic E-state index is 11.4. The Bertz CT molecular complexity index is 703. The summed E-state index contributed by atoms with van der Waals surface area (Å²) in [6.45, 7) is 4.34. The molecule has 1 aromatic carbocycles. The standard InChI is InChI=1S/C20H28N4O2/c1-4-14(2)8-18(21)24-20-22-12-17(13-23-20)10-15-6-5-7-16(9-15)11-19(25)26-3/h5-7,9,12-14,18H,4,8,10-11,21H2,1-3H3,(H,22,23,24). The zero-order chi connectivity index (χ0) is 18.9. The van der Waals surface area contributed by atoms with Gasteiger partial charge in [-0.15, -0.1) is 0 Å². The summed E-state index contributed by atoms with van der Waals surface area (Å²) in [5, 5.41) is 3.14. The van der Waals surface area contributed by atoms with Gasteiger partial charge in [-0.05, 0) is 29.0 Å². The fourth-order valence-corrected chi connectivity index (χ4v) is 2.67. The number of hydrogen-bond acceptors (Lipinski definition) is 6. The number of ether oxygens (including phenoxy) is 1. The smallest absolute Gasteiger partial charge is 0.309 e. The number of carbonyl (C=O) groups excluding carboxylic acids is 1. The predicted octanol–water partition coefficient (Wildman–Crippen LogP) is 2.92. The lowest BCUT2D eigenvalue weighted by Gasteiger charge is -2.17. The first kappa shape index (κ1) is 19.8. The average molecular weight is 356 g/mol. The Labute approximate surface area is 155 Å². The molecule has 2 rings (SSSR count). The number of esters is 1. The molecule has 0 spiro atoms. The minimum absolute atomic E-state index is 0.147. The number of carbonyl (C=O) groups is 1. The summed E-state index contributed by atoms with van der Waals surface area (Å²) < 4.78 is 4.71. The van der Waals surface area contributed by atoms with Crippen LogP contribution in [0.4, 0.5) is 5.95 Å². The van der Waals surface area contributed by atoms with Gasteiger partial charge in [0.15, 0.2) is 0 Å². The van der Waals surface area contributed by atoms with E-state index in [4.69, 9.17) is 10.5 Å². The average Bonchev–Trinajstić information content (AvgIpc) is 2.63. The topological polar surface area (TPSA) is 90.1 Å². The molecule has 0 aliphatic carbocycles. The molecule has 140 valence electrons. The lowest BCUT2D eigenvalue weighted by atomic mass is 10.0. The molecule has 0 aliphatic heterocycles. The van der Waals surface area contributed by atoms with Crippen molar-refractivity contribution in [2.45, 2.75) is 45.7 Å². The van der Waals surface area contributed by atoms with Crippen molar-refractivity contribution < 1.29 is 9.53 Å². The quantitative estimate of drug-likeness (QED) is 0.530. The largest absolute Gasteiger partial charge is 0.469 e. The summed E-state index contributed by atoms with van der Waals surface area (Å²) in [5.74, 6) is 0.868. The van der Waals surface area contributed by atoms with Crippen LogP contribution in [0.2, 0.25) is 0 Å². The molecule has 0 saturated heterocycles. The van der Waals surface area contributed by atoms with Crippen molar-refractivity contribution in [1.29, 1.82) is 0 Å². The van der Waals surface area contributed by atoms with Gasteiger partial charge in [-0.3, -0.25) is 4.79 Å². The van der Waals surface area contributed by atoms with Gasteiger partial charge in [0.05, 0.1) is 19.7 Å². The summed E-state index contributed by atoms with van der Waals surface area (Å²) >= 11 is 0. The number of methoxy groups -OCH3 is 1. The third-order valence-electron chi connectivity index (χ3n) is 4.35. The molecular formula is C20H28N4O2. The molecule has 0 aliphatic rings. The third-order valence-corrected chi connectivity index (χ3v) is 4.35. The maximum absolute atomic E-state index is 11.4. The SMILES string of the molecule is CCC(C)CC(N)Nc1ncc(Cc2cccc(CC(=O)OC)c2)cn1. The van der Waals surface area contributed by atoms with Crippen molar-refractivity contribution in [3.8, 4) is 0 Å². The van der Waals surface area contributed by atoms with Crippen LogP contribution in [0.5, 0.6) is 0 Å². The molecule has 0 radical (unpaired) electrons. The molecule has 3 N–H and O–H groups in total. The summed E-state index contributed by atoms with van der Waals surface area (Å²) in [4.78, 5) is 20.1. The van der Waals surface area contributed by atoms with Crippen LogP contribution < -0.4 is 11.1 Å². The highest BCUT2D eigenvalue weighted by molar-refractivity contribution is 5.72. The van der Waals surface area contributed by atoms with E-state index in [1.54, 1.807) is 12.4 Å². The van der Waals surface area contributed by atoms with Gasteiger partial charge in [0.1, 0.15) is 0 Å². The monoisotopic (exact) mass is 356 g/mol. The molecule has 26 heavy (non-hydrogen) atoms. The van der Waals surface area contributed by atoms with Gasteiger partial charge < -0.3 is 15.8 Å². The van der Waals surface area contributed by atoms with Crippen LogP contribution in [0.15, 0.2) is 36.7 Å². The molecule has 1 heterocycles. The zero-order valence-electron chi connectivity index (χ0n) is 15.7. The highest BCUT2D eigenvalue weighted by Crippen LogP contribution is 2.13.